The zero-order valence-corrected chi connectivity index (χ0v) is 18.6. The highest BCUT2D eigenvalue weighted by Crippen LogP contribution is 2.39. The molecule has 0 atom stereocenters. The van der Waals surface area contributed by atoms with E-state index in [0.717, 1.165) is 0 Å². The largest absolute Gasteiger partial charge is 0.496 e. The normalized spacial score (nSPS) is 10.4. The number of aromatic carboxylic acids is 1. The lowest BCUT2D eigenvalue weighted by Crippen LogP contribution is -2.15. The van der Waals surface area contributed by atoms with Crippen LogP contribution in [-0.4, -0.2) is 35.2 Å². The molecule has 0 bridgehead atoms. The molecule has 0 radical (unpaired) electrons. The van der Waals surface area contributed by atoms with Gasteiger partial charge in [-0.3, -0.25) is 9.59 Å². The summed E-state index contributed by atoms with van der Waals surface area (Å²) in [5, 5.41) is 28.0. The monoisotopic (exact) mass is 470 g/mol. The van der Waals surface area contributed by atoms with Crippen molar-refractivity contribution in [2.75, 3.05) is 17.7 Å². The molecule has 35 heavy (non-hydrogen) atoms. The van der Waals surface area contributed by atoms with Gasteiger partial charge in [0.1, 0.15) is 5.75 Å². The van der Waals surface area contributed by atoms with Gasteiger partial charge in [0.05, 0.1) is 35.4 Å². The van der Waals surface area contributed by atoms with Gasteiger partial charge >= 0.3 is 5.97 Å². The summed E-state index contributed by atoms with van der Waals surface area (Å²) in [5.41, 5.74) is 1.95. The fraction of sp³-hybridized carbons (Fsp3) is 0.0800. The first-order valence-corrected chi connectivity index (χ1v) is 10.3. The van der Waals surface area contributed by atoms with Crippen molar-refractivity contribution in [2.45, 2.75) is 6.92 Å². The summed E-state index contributed by atoms with van der Waals surface area (Å²) in [6.45, 7) is 1.40. The Morgan fingerprint density at radius 2 is 1.80 bits per heavy atom. The average Bonchev–Trinajstić information content (AvgIpc) is 3.26. The first-order chi connectivity index (χ1) is 16.8. The number of ether oxygens (including phenoxy) is 1. The number of rotatable bonds is 6. The van der Waals surface area contributed by atoms with E-state index in [2.05, 4.69) is 15.8 Å². The number of amides is 2. The van der Waals surface area contributed by atoms with Crippen LogP contribution in [0.15, 0.2) is 59.1 Å². The predicted octanol–water partition coefficient (Wildman–Crippen LogP) is 4.28. The SMILES string of the molecule is COc1cc2c(C(=O)Nc3ccc(C#N)cc3C(=O)O)noc2cc1-c1ccccc1NC(C)=O. The topological polar surface area (TPSA) is 155 Å². The van der Waals surface area contributed by atoms with Crippen LogP contribution in [0.5, 0.6) is 5.75 Å². The number of carboxylic acids is 1. The molecule has 10 nitrogen and oxygen atoms in total. The molecule has 0 fully saturated rings. The van der Waals surface area contributed by atoms with E-state index in [9.17, 15) is 19.5 Å². The zero-order valence-electron chi connectivity index (χ0n) is 18.6. The van der Waals surface area contributed by atoms with Crippen molar-refractivity contribution in [3.63, 3.8) is 0 Å². The summed E-state index contributed by atoms with van der Waals surface area (Å²) in [5.74, 6) is -1.84. The molecule has 4 aromatic rings. The highest BCUT2D eigenvalue weighted by molar-refractivity contribution is 6.13. The molecular formula is C25H18N4O6. The van der Waals surface area contributed by atoms with Crippen LogP contribution in [0, 0.1) is 11.3 Å². The summed E-state index contributed by atoms with van der Waals surface area (Å²) < 4.78 is 10.9. The minimum Gasteiger partial charge on any atom is -0.496 e. The number of hydrogen-bond donors (Lipinski definition) is 3. The van der Waals surface area contributed by atoms with Crippen molar-refractivity contribution in [3.8, 4) is 22.9 Å². The quantitative estimate of drug-likeness (QED) is 0.377. The van der Waals surface area contributed by atoms with Crippen molar-refractivity contribution in [1.82, 2.24) is 5.16 Å². The maximum absolute atomic E-state index is 13.0. The van der Waals surface area contributed by atoms with Crippen LogP contribution in [0.4, 0.5) is 11.4 Å². The maximum Gasteiger partial charge on any atom is 0.337 e. The van der Waals surface area contributed by atoms with Crippen LogP contribution >= 0.6 is 0 Å². The van der Waals surface area contributed by atoms with Crippen molar-refractivity contribution >= 4 is 40.1 Å². The number of nitrogens with zero attached hydrogens (tertiary/aromatic N) is 2. The molecule has 0 unspecified atom stereocenters. The van der Waals surface area contributed by atoms with Crippen molar-refractivity contribution in [1.29, 1.82) is 5.26 Å². The third-order valence-electron chi connectivity index (χ3n) is 5.16. The number of carboxylic acid groups (broad SMARTS) is 1. The minimum atomic E-state index is -1.30. The number of anilines is 2. The molecule has 2 amide bonds. The van der Waals surface area contributed by atoms with E-state index in [1.54, 1.807) is 36.4 Å². The molecule has 0 aliphatic heterocycles. The second-order valence-electron chi connectivity index (χ2n) is 7.44. The van der Waals surface area contributed by atoms with Crippen LogP contribution in [0.2, 0.25) is 0 Å². The Bertz CT molecular complexity index is 1530. The molecule has 3 aromatic carbocycles. The lowest BCUT2D eigenvalue weighted by Gasteiger charge is -2.13. The number of methoxy groups -OCH3 is 1. The zero-order chi connectivity index (χ0) is 25.1. The van der Waals surface area contributed by atoms with E-state index in [1.165, 1.54) is 32.2 Å². The number of benzene rings is 3. The van der Waals surface area contributed by atoms with Gasteiger partial charge in [-0.05, 0) is 36.4 Å². The Labute approximate surface area is 198 Å². The number of para-hydroxylation sites is 1. The first-order valence-electron chi connectivity index (χ1n) is 10.3. The van der Waals surface area contributed by atoms with E-state index < -0.39 is 11.9 Å². The fourth-order valence-corrected chi connectivity index (χ4v) is 3.61. The van der Waals surface area contributed by atoms with E-state index in [-0.39, 0.29) is 34.0 Å². The molecule has 0 saturated carbocycles. The summed E-state index contributed by atoms with van der Waals surface area (Å²) in [4.78, 5) is 36.2. The lowest BCUT2D eigenvalue weighted by atomic mass is 10.0. The molecular weight excluding hydrogens is 452 g/mol. The Balaban J connectivity index is 1.75. The summed E-state index contributed by atoms with van der Waals surface area (Å²) in [6.07, 6.45) is 0. The Morgan fingerprint density at radius 1 is 1.03 bits per heavy atom. The van der Waals surface area contributed by atoms with Crippen LogP contribution in [0.1, 0.15) is 33.3 Å². The molecule has 0 aliphatic rings. The van der Waals surface area contributed by atoms with Gasteiger partial charge in [0.25, 0.3) is 5.91 Å². The number of hydrogen-bond acceptors (Lipinski definition) is 7. The van der Waals surface area contributed by atoms with Gasteiger partial charge in [-0.1, -0.05) is 23.4 Å². The smallest absolute Gasteiger partial charge is 0.337 e. The van der Waals surface area contributed by atoms with Crippen molar-refractivity contribution in [3.05, 3.63) is 71.4 Å². The van der Waals surface area contributed by atoms with E-state index in [1.807, 2.05) is 6.07 Å². The summed E-state index contributed by atoms with van der Waals surface area (Å²) in [7, 11) is 1.47. The van der Waals surface area contributed by atoms with Crippen LogP contribution in [0.3, 0.4) is 0 Å². The second-order valence-corrected chi connectivity index (χ2v) is 7.44. The number of nitrogens with one attached hydrogen (secondary N) is 2. The molecule has 174 valence electrons. The van der Waals surface area contributed by atoms with Crippen LogP contribution < -0.4 is 15.4 Å². The first kappa shape index (κ1) is 23.0. The summed E-state index contributed by atoms with van der Waals surface area (Å²) >= 11 is 0. The number of carbonyl (C=O) groups excluding carboxylic acids is 2. The standard InChI is InChI=1S/C25H18N4O6/c1-13(30)27-19-6-4-3-5-15(19)16-10-22-18(11-21(16)34-2)23(29-35-22)24(31)28-20-8-7-14(12-26)9-17(20)25(32)33/h3-11H,1-2H3,(H,27,30)(H,28,31)(H,32,33). The molecule has 1 aromatic heterocycles. The van der Waals surface area contributed by atoms with Crippen LogP contribution in [-0.2, 0) is 4.79 Å². The van der Waals surface area contributed by atoms with Crippen molar-refractivity contribution < 1.29 is 28.8 Å². The number of nitriles is 1. The van der Waals surface area contributed by atoms with Gasteiger partial charge in [-0.25, -0.2) is 4.79 Å². The predicted molar refractivity (Wildman–Crippen MR) is 126 cm³/mol. The lowest BCUT2D eigenvalue weighted by molar-refractivity contribution is -0.114. The van der Waals surface area contributed by atoms with Gasteiger partial charge in [0, 0.05) is 23.7 Å². The van der Waals surface area contributed by atoms with E-state index in [0.29, 0.717) is 28.0 Å². The molecule has 3 N–H and O–H groups in total. The third kappa shape index (κ3) is 4.51. The number of aromatic nitrogens is 1. The highest BCUT2D eigenvalue weighted by atomic mass is 16.5. The van der Waals surface area contributed by atoms with Gasteiger partial charge in [-0.2, -0.15) is 5.26 Å². The number of carbonyl (C=O) groups is 3. The second kappa shape index (κ2) is 9.36. The molecule has 1 heterocycles. The van der Waals surface area contributed by atoms with Crippen LogP contribution in [0.25, 0.3) is 22.1 Å². The van der Waals surface area contributed by atoms with Gasteiger partial charge in [0.2, 0.25) is 5.91 Å². The fourth-order valence-electron chi connectivity index (χ4n) is 3.61. The van der Waals surface area contributed by atoms with Gasteiger partial charge in [0.15, 0.2) is 11.3 Å². The van der Waals surface area contributed by atoms with Gasteiger partial charge in [-0.15, -0.1) is 0 Å². The Kier molecular flexibility index (Phi) is 6.16. The van der Waals surface area contributed by atoms with E-state index >= 15 is 0 Å². The van der Waals surface area contributed by atoms with E-state index in [4.69, 9.17) is 14.5 Å². The molecule has 10 heteroatoms. The molecule has 0 aliphatic carbocycles. The van der Waals surface area contributed by atoms with Gasteiger partial charge < -0.3 is 25.0 Å². The Morgan fingerprint density at radius 3 is 2.49 bits per heavy atom. The molecule has 0 saturated heterocycles. The highest BCUT2D eigenvalue weighted by Gasteiger charge is 2.22. The molecule has 0 spiro atoms. The Hall–Kier alpha value is -5.17. The third-order valence-corrected chi connectivity index (χ3v) is 5.16. The minimum absolute atomic E-state index is 0.00506. The van der Waals surface area contributed by atoms with Crippen molar-refractivity contribution in [2.24, 2.45) is 0 Å². The summed E-state index contributed by atoms with van der Waals surface area (Å²) in [6, 6.07) is 16.1. The number of fused-ring (bicyclic) bond motifs is 1. The molecule has 4 rings (SSSR count). The average molecular weight is 470 g/mol. The maximum atomic E-state index is 13.0.